The molecule has 28 heteroatoms. The lowest BCUT2D eigenvalue weighted by molar-refractivity contribution is -0.143. The van der Waals surface area contributed by atoms with E-state index < -0.39 is 58.2 Å². The monoisotopic (exact) mass is 1550 g/mol. The molecule has 17 nitrogen and oxygen atoms in total. The number of alkyl halides is 6. The van der Waals surface area contributed by atoms with Crippen LogP contribution in [0.25, 0.3) is 11.1 Å². The van der Waals surface area contributed by atoms with Crippen LogP contribution >= 0.6 is 60.4 Å². The van der Waals surface area contributed by atoms with Crippen molar-refractivity contribution in [3.05, 3.63) is 189 Å². The van der Waals surface area contributed by atoms with Crippen molar-refractivity contribution in [1.29, 1.82) is 0 Å². The van der Waals surface area contributed by atoms with Crippen LogP contribution in [0.3, 0.4) is 0 Å². The first-order valence-electron chi connectivity index (χ1n) is 34.6. The largest absolute Gasteiger partial charge is 0.449 e. The maximum atomic E-state index is 14.0. The molecule has 4 aliphatic rings. The number of morpholine rings is 1. The Kier molecular flexibility index (Phi) is 31.7. The number of anilines is 2. The minimum absolute atomic E-state index is 0. The van der Waals surface area contributed by atoms with Crippen molar-refractivity contribution in [2.24, 2.45) is 0 Å². The fourth-order valence-electron chi connectivity index (χ4n) is 14.0. The molecule has 0 aromatic heterocycles. The lowest BCUT2D eigenvalue weighted by Gasteiger charge is -2.46. The Labute approximate surface area is 632 Å². The Bertz CT molecular complexity index is 3770. The van der Waals surface area contributed by atoms with Crippen molar-refractivity contribution in [3.8, 4) is 11.1 Å². The van der Waals surface area contributed by atoms with Gasteiger partial charge in [-0.3, -0.25) is 25.0 Å². The van der Waals surface area contributed by atoms with E-state index in [0.29, 0.717) is 107 Å². The van der Waals surface area contributed by atoms with Gasteiger partial charge in [0, 0.05) is 95.1 Å². The maximum Gasteiger partial charge on any atom is 0.416 e. The molecule has 6 aromatic carbocycles. The first kappa shape index (κ1) is 84.4. The molecule has 0 bridgehead atoms. The summed E-state index contributed by atoms with van der Waals surface area (Å²) in [4.78, 5) is 75.3. The average Bonchev–Trinajstić information content (AvgIpc) is 1.56. The fraction of sp³-hybridized carbons (Fsp3) is 0.461. The lowest BCUT2D eigenvalue weighted by atomic mass is 9.72. The summed E-state index contributed by atoms with van der Waals surface area (Å²) in [6, 6.07) is 39.0. The highest BCUT2D eigenvalue weighted by atomic mass is 35.5. The third kappa shape index (κ3) is 22.8. The highest BCUT2D eigenvalue weighted by molar-refractivity contribution is 6.42. The van der Waals surface area contributed by atoms with E-state index in [4.69, 9.17) is 42.1 Å². The number of carbonyl (C=O) groups is 5. The maximum absolute atomic E-state index is 14.0. The van der Waals surface area contributed by atoms with Gasteiger partial charge in [-0.2, -0.15) is 26.3 Å². The van der Waals surface area contributed by atoms with Crippen LogP contribution in [-0.2, 0) is 64.9 Å². The number of piperidine rings is 2. The standard InChI is InChI=1S/C76H88Cl2F6N8O9.3ClH/c1-88(34-13-14-43-98-71(96)86-60-25-22-53(23-26-60)50-85-33-12-4-7-21-68(93)89(2)40-41-90-35-28-61(29-36-90)101-72(97)87-66-20-11-9-18-62(66)54-15-5-3-6-16-54)69(94)51-99-67-47-55-17-8-10-19-63(55)73(67)30-37-91(38-31-73)39-32-74(57-24-27-64(77)65(78)49-57)52-92(42-44-100-74)70(95)56-45-58(75(79,80)81)48-59(46-56)76(82,83)84;;;/h3,5-6,8-11,15-20,22-27,45-46,48-49,61,67,85H,4,7,12-14,21,28-44,47,50-52H2,1-2H3,(H,86,96)(H,87,97);3*1H/t67-,74-;;;/m0.../s1. The second kappa shape index (κ2) is 39.1. The molecule has 3 fully saturated rings. The van der Waals surface area contributed by atoms with Gasteiger partial charge in [0.1, 0.15) is 18.3 Å². The highest BCUT2D eigenvalue weighted by Crippen LogP contribution is 2.49. The van der Waals surface area contributed by atoms with Crippen molar-refractivity contribution < 1.29 is 69.3 Å². The SMILES string of the molecule is CN(CCN1CCC(OC(=O)Nc2ccccc2-c2ccccc2)CC1)C(=O)CCCCCNCc1ccc(NC(=O)OCCCCN(C)C(=O)CO[C@H]2Cc3ccccc3C23CCN(CC[C@@]2(c4ccc(Cl)c(Cl)c4)CN(C(=O)c4cc(C(F)(F)F)cc(C(F)(F)F)c4)CCO2)CC3)cc1.Cl.Cl.Cl. The molecule has 0 saturated carbocycles. The van der Waals surface area contributed by atoms with E-state index >= 15 is 0 Å². The van der Waals surface area contributed by atoms with Crippen LogP contribution in [0, 0.1) is 0 Å². The Morgan fingerprint density at radius 2 is 1.32 bits per heavy atom. The molecule has 0 radical (unpaired) electrons. The predicted octanol–water partition coefficient (Wildman–Crippen LogP) is 16.0. The van der Waals surface area contributed by atoms with Gasteiger partial charge in [0.05, 0.1) is 52.7 Å². The first-order valence-corrected chi connectivity index (χ1v) is 35.4. The number of rotatable bonds is 28. The number of unbranched alkanes of at least 4 members (excludes halogenated alkanes) is 3. The number of hydrogen-bond donors (Lipinski definition) is 3. The molecule has 1 spiro atoms. The molecule has 10 rings (SSSR count). The van der Waals surface area contributed by atoms with Gasteiger partial charge in [0.15, 0.2) is 0 Å². The van der Waals surface area contributed by atoms with Crippen LogP contribution in [0.5, 0.6) is 0 Å². The van der Waals surface area contributed by atoms with Gasteiger partial charge in [-0.25, -0.2) is 9.59 Å². The van der Waals surface area contributed by atoms with Gasteiger partial charge < -0.3 is 48.8 Å². The Hall–Kier alpha value is -6.90. The molecule has 0 unspecified atom stereocenters. The van der Waals surface area contributed by atoms with Crippen LogP contribution in [-0.4, -0.2) is 173 Å². The number of nitrogens with zero attached hydrogens (tertiary/aromatic N) is 5. The topological polar surface area (TPSA) is 175 Å². The molecule has 104 heavy (non-hydrogen) atoms. The van der Waals surface area contributed by atoms with Crippen LogP contribution < -0.4 is 16.0 Å². The second-order valence-electron chi connectivity index (χ2n) is 26.7. The summed E-state index contributed by atoms with van der Waals surface area (Å²) in [6.45, 7) is 6.22. The summed E-state index contributed by atoms with van der Waals surface area (Å²) in [6.07, 6.45) is -3.76. The molecule has 566 valence electrons. The Morgan fingerprint density at radius 1 is 0.654 bits per heavy atom. The number of fused-ring (bicyclic) bond motifs is 2. The van der Waals surface area contributed by atoms with Gasteiger partial charge in [-0.1, -0.05) is 121 Å². The summed E-state index contributed by atoms with van der Waals surface area (Å²) in [5, 5.41) is 9.62. The van der Waals surface area contributed by atoms with E-state index in [1.54, 1.807) is 30.1 Å². The Morgan fingerprint density at radius 3 is 2.02 bits per heavy atom. The van der Waals surface area contributed by atoms with Crippen molar-refractivity contribution >= 4 is 102 Å². The molecule has 2 atom stereocenters. The first-order chi connectivity index (χ1) is 48.4. The van der Waals surface area contributed by atoms with Crippen LogP contribution in [0.2, 0.25) is 10.0 Å². The molecule has 3 saturated heterocycles. The summed E-state index contributed by atoms with van der Waals surface area (Å²) >= 11 is 12.8. The lowest BCUT2D eigenvalue weighted by Crippen LogP contribution is -2.54. The zero-order valence-corrected chi connectivity index (χ0v) is 62.1. The quantitative estimate of drug-likeness (QED) is 0.0314. The van der Waals surface area contributed by atoms with E-state index in [9.17, 15) is 50.3 Å². The number of hydrogen-bond acceptors (Lipinski definition) is 12. The van der Waals surface area contributed by atoms with E-state index in [0.717, 1.165) is 80.5 Å². The van der Waals surface area contributed by atoms with Crippen LogP contribution in [0.15, 0.2) is 140 Å². The molecule has 5 amide bonds. The second-order valence-corrected chi connectivity index (χ2v) is 27.5. The molecule has 1 aliphatic carbocycles. The molecule has 3 aliphatic heterocycles. The fourth-order valence-corrected chi connectivity index (χ4v) is 14.3. The number of nitrogens with one attached hydrogen (secondary N) is 3. The summed E-state index contributed by atoms with van der Waals surface area (Å²) in [7, 11) is 3.58. The van der Waals surface area contributed by atoms with Crippen molar-refractivity contribution in [2.45, 2.75) is 119 Å². The van der Waals surface area contributed by atoms with Gasteiger partial charge >= 0.3 is 24.5 Å². The number of likely N-dealkylation sites (tertiary alicyclic amines) is 2. The summed E-state index contributed by atoms with van der Waals surface area (Å²) in [5.41, 5.74) is 1.58. The van der Waals surface area contributed by atoms with E-state index in [1.807, 2.05) is 103 Å². The molecule has 3 N–H and O–H groups in total. The number of benzene rings is 6. The van der Waals surface area contributed by atoms with Gasteiger partial charge in [-0.05, 0) is 160 Å². The van der Waals surface area contributed by atoms with E-state index in [2.05, 4.69) is 37.9 Å². The van der Waals surface area contributed by atoms with Crippen LogP contribution in [0.4, 0.5) is 47.3 Å². The van der Waals surface area contributed by atoms with E-state index in [-0.39, 0.29) is 117 Å². The minimum Gasteiger partial charge on any atom is -0.449 e. The minimum atomic E-state index is -5.14. The van der Waals surface area contributed by atoms with E-state index in [1.165, 1.54) is 10.5 Å². The van der Waals surface area contributed by atoms with Gasteiger partial charge in [0.2, 0.25) is 11.8 Å². The number of carbonyl (C=O) groups excluding carboxylic acids is 5. The Balaban J connectivity index is 0.00000504. The number of amides is 5. The summed E-state index contributed by atoms with van der Waals surface area (Å²) in [5.74, 6) is -1.06. The number of likely N-dealkylation sites (N-methyl/N-ethyl adjacent to an activating group) is 2. The van der Waals surface area contributed by atoms with Gasteiger partial charge in [0.25, 0.3) is 5.91 Å². The van der Waals surface area contributed by atoms with Crippen molar-refractivity contribution in [2.75, 3.05) is 117 Å². The third-order valence-corrected chi connectivity index (χ3v) is 20.6. The smallest absolute Gasteiger partial charge is 0.416 e. The zero-order valence-electron chi connectivity index (χ0n) is 58.2. The van der Waals surface area contributed by atoms with Crippen LogP contribution in [0.1, 0.15) is 114 Å². The molecular formula is C76H91Cl5F6N8O9. The third-order valence-electron chi connectivity index (χ3n) is 19.9. The molecule has 3 heterocycles. The van der Waals surface area contributed by atoms with Gasteiger partial charge in [-0.15, -0.1) is 37.2 Å². The average molecular weight is 1550 g/mol. The van der Waals surface area contributed by atoms with Crippen molar-refractivity contribution in [3.63, 3.8) is 0 Å². The zero-order chi connectivity index (χ0) is 71.7. The molecule has 6 aromatic rings. The number of para-hydroxylation sites is 1. The molecular weight excluding hydrogens is 1460 g/mol. The number of ether oxygens (including phenoxy) is 4. The normalized spacial score (nSPS) is 17.5. The highest BCUT2D eigenvalue weighted by Gasteiger charge is 2.50. The number of halogens is 11. The predicted molar refractivity (Wildman–Crippen MR) is 398 cm³/mol. The summed E-state index contributed by atoms with van der Waals surface area (Å²) < 4.78 is 108. The van der Waals surface area contributed by atoms with Crippen molar-refractivity contribution in [1.82, 2.24) is 29.8 Å².